The van der Waals surface area contributed by atoms with Crippen LogP contribution in [0.1, 0.15) is 34.1 Å². The van der Waals surface area contributed by atoms with Gasteiger partial charge in [0.05, 0.1) is 24.7 Å². The molecule has 4 aromatic rings. The van der Waals surface area contributed by atoms with Crippen LogP contribution in [0.2, 0.25) is 0 Å². The highest BCUT2D eigenvalue weighted by molar-refractivity contribution is 5.99. The number of aromatic nitrogens is 4. The second-order valence-electron chi connectivity index (χ2n) is 7.35. The van der Waals surface area contributed by atoms with Gasteiger partial charge in [0.2, 0.25) is 0 Å². The number of rotatable bonds is 3. The normalized spacial score (nSPS) is 14.1. The molecule has 0 fully saturated rings. The van der Waals surface area contributed by atoms with Gasteiger partial charge in [-0.2, -0.15) is 0 Å². The van der Waals surface area contributed by atoms with Crippen molar-refractivity contribution >= 4 is 5.84 Å². The van der Waals surface area contributed by atoms with Crippen molar-refractivity contribution < 1.29 is 4.74 Å². The molecule has 0 saturated carbocycles. The van der Waals surface area contributed by atoms with E-state index in [1.807, 2.05) is 44.2 Å². The van der Waals surface area contributed by atoms with Gasteiger partial charge in [0.15, 0.2) is 0 Å². The van der Waals surface area contributed by atoms with Crippen LogP contribution in [0.5, 0.6) is 5.75 Å². The van der Waals surface area contributed by atoms with E-state index in [-0.39, 0.29) is 6.04 Å². The molecule has 160 valence electrons. The molecule has 0 aliphatic carbocycles. The summed E-state index contributed by atoms with van der Waals surface area (Å²) in [6.45, 7) is 4.05. The Bertz CT molecular complexity index is 1180. The molecule has 0 radical (unpaired) electrons. The van der Waals surface area contributed by atoms with Crippen molar-refractivity contribution in [1.82, 2.24) is 19.9 Å². The minimum Gasteiger partial charge on any atom is -0.496 e. The van der Waals surface area contributed by atoms with Crippen LogP contribution < -0.4 is 10.5 Å². The fourth-order valence-electron chi connectivity index (χ4n) is 3.76. The van der Waals surface area contributed by atoms with Crippen molar-refractivity contribution in [3.63, 3.8) is 0 Å². The second-order valence-corrected chi connectivity index (χ2v) is 7.35. The highest BCUT2D eigenvalue weighted by Crippen LogP contribution is 2.35. The molecule has 5 rings (SSSR count). The first-order chi connectivity index (χ1) is 15.6. The molecule has 1 atom stereocenters. The lowest BCUT2D eigenvalue weighted by molar-refractivity contribution is 0.408. The van der Waals surface area contributed by atoms with Gasteiger partial charge in [-0.15, -0.1) is 0 Å². The summed E-state index contributed by atoms with van der Waals surface area (Å²) in [5, 5.41) is 0. The van der Waals surface area contributed by atoms with Crippen LogP contribution in [0, 0.1) is 13.8 Å². The zero-order chi connectivity index (χ0) is 22.5. The van der Waals surface area contributed by atoms with E-state index >= 15 is 0 Å². The SMILES string of the molecule is COc1c(C)cc([C@@H]2N=C(N)c3nccnc32)cc1C.c1ccc(-c2cnccn2)cc1. The Morgan fingerprint density at radius 2 is 1.56 bits per heavy atom. The number of benzene rings is 2. The molecule has 0 saturated heterocycles. The summed E-state index contributed by atoms with van der Waals surface area (Å²) in [5.74, 6) is 1.35. The van der Waals surface area contributed by atoms with Gasteiger partial charge >= 0.3 is 0 Å². The molecule has 2 aromatic heterocycles. The molecule has 2 N–H and O–H groups in total. The topological polar surface area (TPSA) is 99.2 Å². The van der Waals surface area contributed by atoms with Gasteiger partial charge in [-0.1, -0.05) is 30.3 Å². The number of ether oxygens (including phenoxy) is 1. The maximum Gasteiger partial charge on any atom is 0.147 e. The fourth-order valence-corrected chi connectivity index (χ4v) is 3.76. The molecule has 0 bridgehead atoms. The molecule has 0 spiro atoms. The van der Waals surface area contributed by atoms with Gasteiger partial charge in [0.25, 0.3) is 0 Å². The predicted octanol–water partition coefficient (Wildman–Crippen LogP) is 4.05. The van der Waals surface area contributed by atoms with E-state index in [0.717, 1.165) is 39.4 Å². The van der Waals surface area contributed by atoms with Crippen molar-refractivity contribution in [1.29, 1.82) is 0 Å². The third-order valence-corrected chi connectivity index (χ3v) is 5.13. The molecule has 7 nitrogen and oxygen atoms in total. The van der Waals surface area contributed by atoms with Crippen LogP contribution in [0.15, 0.2) is 78.4 Å². The van der Waals surface area contributed by atoms with E-state index in [2.05, 4.69) is 37.1 Å². The number of nitrogens with two attached hydrogens (primary N) is 1. The Balaban J connectivity index is 0.000000174. The zero-order valence-corrected chi connectivity index (χ0v) is 18.2. The molecule has 1 aliphatic rings. The Hall–Kier alpha value is -4.13. The number of nitrogens with zero attached hydrogens (tertiary/aromatic N) is 5. The lowest BCUT2D eigenvalue weighted by Crippen LogP contribution is -2.12. The third kappa shape index (κ3) is 4.32. The minimum atomic E-state index is -0.179. The molecule has 3 heterocycles. The van der Waals surface area contributed by atoms with Gasteiger partial charge < -0.3 is 10.5 Å². The first-order valence-corrected chi connectivity index (χ1v) is 10.2. The van der Waals surface area contributed by atoms with Crippen molar-refractivity contribution in [3.8, 4) is 17.0 Å². The average Bonchev–Trinajstić information content (AvgIpc) is 3.17. The van der Waals surface area contributed by atoms with Crippen molar-refractivity contribution in [3.05, 3.63) is 102 Å². The van der Waals surface area contributed by atoms with E-state index < -0.39 is 0 Å². The van der Waals surface area contributed by atoms with E-state index in [1.54, 1.807) is 38.1 Å². The molecule has 0 unspecified atom stereocenters. The van der Waals surface area contributed by atoms with Crippen LogP contribution in [0.4, 0.5) is 0 Å². The molecule has 7 heteroatoms. The summed E-state index contributed by atoms with van der Waals surface area (Å²) in [4.78, 5) is 21.3. The molecular weight excluding hydrogens is 400 g/mol. The Morgan fingerprint density at radius 3 is 2.22 bits per heavy atom. The lowest BCUT2D eigenvalue weighted by Gasteiger charge is -2.14. The summed E-state index contributed by atoms with van der Waals surface area (Å²) in [6, 6.07) is 14.0. The van der Waals surface area contributed by atoms with Crippen LogP contribution >= 0.6 is 0 Å². The number of aryl methyl sites for hydroxylation is 2. The van der Waals surface area contributed by atoms with Crippen LogP contribution in [0.25, 0.3) is 11.3 Å². The smallest absolute Gasteiger partial charge is 0.147 e. The molecular formula is C25H24N6O. The third-order valence-electron chi connectivity index (χ3n) is 5.13. The van der Waals surface area contributed by atoms with Crippen molar-refractivity contribution in [2.75, 3.05) is 7.11 Å². The summed E-state index contributed by atoms with van der Waals surface area (Å²) < 4.78 is 5.40. The van der Waals surface area contributed by atoms with Crippen LogP contribution in [-0.4, -0.2) is 32.9 Å². The number of hydrogen-bond acceptors (Lipinski definition) is 7. The summed E-state index contributed by atoms with van der Waals surface area (Å²) in [5.41, 5.74) is 12.7. The van der Waals surface area contributed by atoms with Gasteiger partial charge in [0.1, 0.15) is 23.3 Å². The van der Waals surface area contributed by atoms with Crippen molar-refractivity contribution in [2.24, 2.45) is 10.7 Å². The van der Waals surface area contributed by atoms with Gasteiger partial charge in [-0.25, -0.2) is 4.98 Å². The number of hydrogen-bond donors (Lipinski definition) is 1. The number of aliphatic imine (C=N–C) groups is 1. The molecule has 2 aromatic carbocycles. The molecule has 0 amide bonds. The number of methoxy groups -OCH3 is 1. The first-order valence-electron chi connectivity index (χ1n) is 10.2. The van der Waals surface area contributed by atoms with Gasteiger partial charge in [-0.3, -0.25) is 19.9 Å². The van der Waals surface area contributed by atoms with Gasteiger partial charge in [-0.05, 0) is 42.7 Å². The highest BCUT2D eigenvalue weighted by atomic mass is 16.5. The highest BCUT2D eigenvalue weighted by Gasteiger charge is 2.28. The standard InChI is InChI=1S/C15H16N4O.C10H8N2/c1-8-6-10(7-9(2)14(8)20-3)11-12-13(15(16)19-11)18-5-4-17-12;1-2-4-9(5-3-1)10-8-11-6-7-12-10/h4-7,11H,1-3H3,(H2,16,19);1-8H/t11-;/m0./s1. The van der Waals surface area contributed by atoms with E-state index in [9.17, 15) is 0 Å². The van der Waals surface area contributed by atoms with E-state index in [0.29, 0.717) is 11.5 Å². The number of amidine groups is 1. The van der Waals surface area contributed by atoms with Gasteiger partial charge in [0, 0.05) is 30.4 Å². The summed E-state index contributed by atoms with van der Waals surface area (Å²) in [6.07, 6.45) is 8.43. The van der Waals surface area contributed by atoms with E-state index in [4.69, 9.17) is 10.5 Å². The maximum absolute atomic E-state index is 5.93. The fraction of sp³-hybridized carbons (Fsp3) is 0.160. The Kier molecular flexibility index (Phi) is 6.17. The lowest BCUT2D eigenvalue weighted by atomic mass is 9.98. The minimum absolute atomic E-state index is 0.179. The largest absolute Gasteiger partial charge is 0.496 e. The zero-order valence-electron chi connectivity index (χ0n) is 18.2. The molecule has 1 aliphatic heterocycles. The van der Waals surface area contributed by atoms with Crippen molar-refractivity contribution in [2.45, 2.75) is 19.9 Å². The summed E-state index contributed by atoms with van der Waals surface area (Å²) in [7, 11) is 1.68. The Labute approximate surface area is 187 Å². The average molecular weight is 425 g/mol. The predicted molar refractivity (Wildman–Crippen MR) is 125 cm³/mol. The van der Waals surface area contributed by atoms with E-state index in [1.165, 1.54) is 0 Å². The quantitative estimate of drug-likeness (QED) is 0.533. The Morgan fingerprint density at radius 1 is 0.875 bits per heavy atom. The first kappa shape index (κ1) is 21.1. The van der Waals surface area contributed by atoms with Crippen LogP contribution in [0.3, 0.4) is 0 Å². The summed E-state index contributed by atoms with van der Waals surface area (Å²) >= 11 is 0. The number of fused-ring (bicyclic) bond motifs is 1. The maximum atomic E-state index is 5.93. The molecule has 32 heavy (non-hydrogen) atoms. The monoisotopic (exact) mass is 424 g/mol. The van der Waals surface area contributed by atoms with Crippen LogP contribution in [-0.2, 0) is 0 Å². The second kappa shape index (κ2) is 9.34.